The predicted octanol–water partition coefficient (Wildman–Crippen LogP) is 1.77. The Labute approximate surface area is 101 Å². The van der Waals surface area contributed by atoms with Gasteiger partial charge in [-0.15, -0.1) is 0 Å². The third kappa shape index (κ3) is 2.88. The summed E-state index contributed by atoms with van der Waals surface area (Å²) in [5.74, 6) is -0.244. The van der Waals surface area contributed by atoms with Gasteiger partial charge in [0.15, 0.2) is 6.20 Å². The van der Waals surface area contributed by atoms with E-state index in [9.17, 15) is 13.8 Å². The Morgan fingerprint density at radius 2 is 2.06 bits per heavy atom. The van der Waals surface area contributed by atoms with Crippen molar-refractivity contribution in [2.24, 2.45) is 0 Å². The van der Waals surface area contributed by atoms with Gasteiger partial charge in [0, 0.05) is 12.1 Å². The molecule has 88 valence electrons. The summed E-state index contributed by atoms with van der Waals surface area (Å²) in [6, 6.07) is 10.6. The van der Waals surface area contributed by atoms with Gasteiger partial charge in [0.25, 0.3) is 5.03 Å². The van der Waals surface area contributed by atoms with Gasteiger partial charge in [0.05, 0.1) is 5.75 Å². The molecule has 5 heteroatoms. The zero-order valence-electron chi connectivity index (χ0n) is 8.88. The molecule has 1 atom stereocenters. The summed E-state index contributed by atoms with van der Waals surface area (Å²) in [4.78, 5) is 0. The Morgan fingerprint density at radius 1 is 1.24 bits per heavy atom. The van der Waals surface area contributed by atoms with E-state index in [-0.39, 0.29) is 16.6 Å². The minimum atomic E-state index is -1.47. The molecule has 1 aromatic carbocycles. The predicted molar refractivity (Wildman–Crippen MR) is 61.9 cm³/mol. The normalized spacial score (nSPS) is 12.3. The largest absolute Gasteiger partial charge is 0.618 e. The number of benzene rings is 1. The van der Waals surface area contributed by atoms with E-state index < -0.39 is 10.8 Å². The first-order valence-electron chi connectivity index (χ1n) is 4.98. The lowest BCUT2D eigenvalue weighted by Crippen LogP contribution is -2.31. The SMILES string of the molecule is O=S(Cc1cccc(F)c1)c1cccc[n+]1[O-]. The summed E-state index contributed by atoms with van der Waals surface area (Å²) in [7, 11) is -1.47. The highest BCUT2D eigenvalue weighted by Gasteiger charge is 2.13. The van der Waals surface area contributed by atoms with Crippen molar-refractivity contribution < 1.29 is 13.3 Å². The highest BCUT2D eigenvalue weighted by atomic mass is 32.2. The van der Waals surface area contributed by atoms with E-state index in [0.717, 1.165) is 0 Å². The first kappa shape index (κ1) is 11.7. The van der Waals surface area contributed by atoms with Crippen LogP contribution in [-0.2, 0) is 16.6 Å². The van der Waals surface area contributed by atoms with Gasteiger partial charge in [-0.1, -0.05) is 12.1 Å². The third-order valence-corrected chi connectivity index (χ3v) is 3.59. The van der Waals surface area contributed by atoms with Gasteiger partial charge >= 0.3 is 0 Å². The molecule has 2 rings (SSSR count). The van der Waals surface area contributed by atoms with E-state index in [0.29, 0.717) is 10.3 Å². The molecule has 0 amide bonds. The molecule has 0 aliphatic heterocycles. The number of nitrogens with zero attached hydrogens (tertiary/aromatic N) is 1. The van der Waals surface area contributed by atoms with Gasteiger partial charge in [0.1, 0.15) is 16.6 Å². The summed E-state index contributed by atoms with van der Waals surface area (Å²) in [5, 5.41) is 11.5. The fraction of sp³-hybridized carbons (Fsp3) is 0.0833. The molecular formula is C12H10FNO2S. The smallest absolute Gasteiger partial charge is 0.281 e. The Balaban J connectivity index is 2.20. The zero-order valence-corrected chi connectivity index (χ0v) is 9.69. The van der Waals surface area contributed by atoms with Crippen molar-refractivity contribution >= 4 is 10.8 Å². The van der Waals surface area contributed by atoms with E-state index in [1.807, 2.05) is 0 Å². The van der Waals surface area contributed by atoms with Gasteiger partial charge in [0.2, 0.25) is 0 Å². The Hall–Kier alpha value is -1.75. The van der Waals surface area contributed by atoms with Gasteiger partial charge in [-0.05, 0) is 23.8 Å². The van der Waals surface area contributed by atoms with Crippen molar-refractivity contribution in [2.75, 3.05) is 0 Å². The maximum Gasteiger partial charge on any atom is 0.281 e. The molecule has 0 aliphatic rings. The quantitative estimate of drug-likeness (QED) is 0.616. The van der Waals surface area contributed by atoms with Crippen LogP contribution < -0.4 is 4.73 Å². The van der Waals surface area contributed by atoms with Crippen LogP contribution in [0.15, 0.2) is 53.7 Å². The molecule has 0 saturated carbocycles. The summed E-state index contributed by atoms with van der Waals surface area (Å²) < 4.78 is 25.4. The van der Waals surface area contributed by atoms with Crippen molar-refractivity contribution in [3.05, 3.63) is 65.2 Å². The lowest BCUT2D eigenvalue weighted by Gasteiger charge is -2.03. The summed E-state index contributed by atoms with van der Waals surface area (Å²) in [6.45, 7) is 0. The second-order valence-electron chi connectivity index (χ2n) is 3.48. The second kappa shape index (κ2) is 5.05. The second-order valence-corrected chi connectivity index (χ2v) is 4.88. The van der Waals surface area contributed by atoms with Crippen LogP contribution in [0.5, 0.6) is 0 Å². The van der Waals surface area contributed by atoms with Gasteiger partial charge in [-0.25, -0.2) is 8.60 Å². The van der Waals surface area contributed by atoms with Crippen molar-refractivity contribution in [1.82, 2.24) is 0 Å². The molecule has 2 aromatic rings. The Morgan fingerprint density at radius 3 is 2.76 bits per heavy atom. The first-order chi connectivity index (χ1) is 8.16. The molecule has 1 heterocycles. The lowest BCUT2D eigenvalue weighted by molar-refractivity contribution is -0.646. The van der Waals surface area contributed by atoms with Crippen LogP contribution in [-0.4, -0.2) is 4.21 Å². The van der Waals surface area contributed by atoms with Crippen molar-refractivity contribution in [2.45, 2.75) is 10.8 Å². The molecule has 17 heavy (non-hydrogen) atoms. The maximum atomic E-state index is 12.9. The summed E-state index contributed by atoms with van der Waals surface area (Å²) in [5.41, 5.74) is 0.604. The molecular weight excluding hydrogens is 241 g/mol. The third-order valence-electron chi connectivity index (χ3n) is 2.21. The number of aromatic nitrogens is 1. The van der Waals surface area contributed by atoms with Crippen LogP contribution in [0.3, 0.4) is 0 Å². The molecule has 0 radical (unpaired) electrons. The fourth-order valence-corrected chi connectivity index (χ4v) is 2.56. The number of hydrogen-bond acceptors (Lipinski definition) is 2. The summed E-state index contributed by atoms with van der Waals surface area (Å²) >= 11 is 0. The molecule has 1 aromatic heterocycles. The minimum absolute atomic E-state index is 0.129. The fourth-order valence-electron chi connectivity index (χ4n) is 1.44. The van der Waals surface area contributed by atoms with E-state index in [1.54, 1.807) is 24.3 Å². The molecule has 3 nitrogen and oxygen atoms in total. The van der Waals surface area contributed by atoms with Crippen LogP contribution in [0.2, 0.25) is 0 Å². The molecule has 0 saturated heterocycles. The molecule has 0 bridgehead atoms. The van der Waals surface area contributed by atoms with E-state index in [2.05, 4.69) is 0 Å². The monoisotopic (exact) mass is 251 g/mol. The van der Waals surface area contributed by atoms with Crippen LogP contribution in [0.4, 0.5) is 4.39 Å². The molecule has 1 unspecified atom stereocenters. The number of pyridine rings is 1. The number of rotatable bonds is 3. The van der Waals surface area contributed by atoms with Crippen molar-refractivity contribution in [3.63, 3.8) is 0 Å². The van der Waals surface area contributed by atoms with Gasteiger partial charge in [-0.2, -0.15) is 4.73 Å². The maximum absolute atomic E-state index is 12.9. The Kier molecular flexibility index (Phi) is 3.49. The van der Waals surface area contributed by atoms with E-state index in [4.69, 9.17) is 0 Å². The van der Waals surface area contributed by atoms with Crippen LogP contribution in [0.1, 0.15) is 5.56 Å². The zero-order chi connectivity index (χ0) is 12.3. The van der Waals surface area contributed by atoms with E-state index >= 15 is 0 Å². The van der Waals surface area contributed by atoms with Crippen LogP contribution in [0, 0.1) is 11.0 Å². The van der Waals surface area contributed by atoms with Crippen molar-refractivity contribution in [3.8, 4) is 0 Å². The van der Waals surface area contributed by atoms with Crippen LogP contribution in [0.25, 0.3) is 0 Å². The molecule has 0 fully saturated rings. The highest BCUT2D eigenvalue weighted by molar-refractivity contribution is 7.84. The highest BCUT2D eigenvalue weighted by Crippen LogP contribution is 2.10. The van der Waals surface area contributed by atoms with Crippen LogP contribution >= 0.6 is 0 Å². The molecule has 0 aliphatic carbocycles. The average molecular weight is 251 g/mol. The van der Waals surface area contributed by atoms with E-state index in [1.165, 1.54) is 24.4 Å². The van der Waals surface area contributed by atoms with Gasteiger partial charge < -0.3 is 5.21 Å². The first-order valence-corrected chi connectivity index (χ1v) is 6.30. The molecule has 0 spiro atoms. The lowest BCUT2D eigenvalue weighted by atomic mass is 10.2. The Bertz CT molecular complexity index is 560. The van der Waals surface area contributed by atoms with Crippen molar-refractivity contribution in [1.29, 1.82) is 0 Å². The molecule has 0 N–H and O–H groups in total. The number of hydrogen-bond donors (Lipinski definition) is 0. The summed E-state index contributed by atoms with van der Waals surface area (Å²) in [6.07, 6.45) is 1.29. The topological polar surface area (TPSA) is 44.0 Å². The standard InChI is InChI=1S/C12H10FNO2S/c13-11-5-3-4-10(8-11)9-17(16)12-6-1-2-7-14(12)15/h1-8H,9H2. The number of halogens is 1. The minimum Gasteiger partial charge on any atom is -0.618 e. The average Bonchev–Trinajstić information content (AvgIpc) is 2.29. The van der Waals surface area contributed by atoms with Gasteiger partial charge in [-0.3, -0.25) is 0 Å².